The van der Waals surface area contributed by atoms with Crippen molar-refractivity contribution in [1.82, 2.24) is 20.1 Å². The molecule has 0 bridgehead atoms. The highest BCUT2D eigenvalue weighted by atomic mass is 16.2. The van der Waals surface area contributed by atoms with E-state index in [1.165, 1.54) is 0 Å². The summed E-state index contributed by atoms with van der Waals surface area (Å²) in [5, 5.41) is 6.49. The number of aromatic nitrogens is 3. The molecular weight excluding hydrogens is 242 g/mol. The Morgan fingerprint density at radius 3 is 2.89 bits per heavy atom. The van der Waals surface area contributed by atoms with Gasteiger partial charge >= 0.3 is 0 Å². The van der Waals surface area contributed by atoms with Gasteiger partial charge in [-0.15, -0.1) is 0 Å². The van der Waals surface area contributed by atoms with Crippen LogP contribution in [0.15, 0.2) is 36.8 Å². The van der Waals surface area contributed by atoms with Crippen LogP contribution in [0.25, 0.3) is 0 Å². The van der Waals surface area contributed by atoms with Gasteiger partial charge in [0, 0.05) is 31.7 Å². The van der Waals surface area contributed by atoms with Crippen LogP contribution in [0.2, 0.25) is 0 Å². The quantitative estimate of drug-likeness (QED) is 0.803. The molecule has 0 aliphatic carbocycles. The summed E-state index contributed by atoms with van der Waals surface area (Å²) >= 11 is 0. The number of nitrogens with zero attached hydrogens (tertiary/aromatic N) is 3. The molecule has 0 aromatic carbocycles. The van der Waals surface area contributed by atoms with Crippen LogP contribution in [0.4, 0.5) is 0 Å². The predicted molar refractivity (Wildman–Crippen MR) is 71.2 cm³/mol. The van der Waals surface area contributed by atoms with Gasteiger partial charge in [0.2, 0.25) is 0 Å². The third kappa shape index (κ3) is 3.62. The number of rotatable bonds is 6. The first-order valence-corrected chi connectivity index (χ1v) is 6.19. The van der Waals surface area contributed by atoms with Gasteiger partial charge in [-0.1, -0.05) is 6.07 Å². The molecule has 2 aromatic rings. The van der Waals surface area contributed by atoms with Gasteiger partial charge < -0.3 is 10.6 Å². The minimum absolute atomic E-state index is 0.0743. The first kappa shape index (κ1) is 13.2. The van der Waals surface area contributed by atoms with Crippen molar-refractivity contribution in [2.75, 3.05) is 13.1 Å². The van der Waals surface area contributed by atoms with Crippen LogP contribution in [-0.4, -0.2) is 39.1 Å². The SMILES string of the molecule is NCCCN(Cc1cccnc1)C(=O)c1ccn[nH]1. The van der Waals surface area contributed by atoms with E-state index in [1.54, 1.807) is 29.6 Å². The van der Waals surface area contributed by atoms with Crippen molar-refractivity contribution in [3.05, 3.63) is 48.0 Å². The summed E-state index contributed by atoms with van der Waals surface area (Å²) in [6.45, 7) is 1.69. The summed E-state index contributed by atoms with van der Waals surface area (Å²) in [5.74, 6) is -0.0743. The summed E-state index contributed by atoms with van der Waals surface area (Å²) in [7, 11) is 0. The summed E-state index contributed by atoms with van der Waals surface area (Å²) in [5.41, 5.74) is 7.00. The van der Waals surface area contributed by atoms with Crippen LogP contribution in [0, 0.1) is 0 Å². The Hall–Kier alpha value is -2.21. The number of carbonyl (C=O) groups excluding carboxylic acids is 1. The molecule has 0 aliphatic heterocycles. The summed E-state index contributed by atoms with van der Waals surface area (Å²) < 4.78 is 0. The molecule has 2 rings (SSSR count). The summed E-state index contributed by atoms with van der Waals surface area (Å²) in [6.07, 6.45) is 5.80. The zero-order valence-electron chi connectivity index (χ0n) is 10.6. The number of nitrogens with two attached hydrogens (primary N) is 1. The lowest BCUT2D eigenvalue weighted by molar-refractivity contribution is 0.0736. The van der Waals surface area contributed by atoms with Crippen molar-refractivity contribution in [2.45, 2.75) is 13.0 Å². The minimum atomic E-state index is -0.0743. The van der Waals surface area contributed by atoms with E-state index in [2.05, 4.69) is 15.2 Å². The van der Waals surface area contributed by atoms with E-state index >= 15 is 0 Å². The molecule has 0 radical (unpaired) electrons. The fraction of sp³-hybridized carbons (Fsp3) is 0.308. The van der Waals surface area contributed by atoms with E-state index in [9.17, 15) is 4.79 Å². The lowest BCUT2D eigenvalue weighted by Gasteiger charge is -2.21. The molecule has 0 aliphatic rings. The van der Waals surface area contributed by atoms with Gasteiger partial charge in [0.15, 0.2) is 0 Å². The number of hydrogen-bond acceptors (Lipinski definition) is 4. The van der Waals surface area contributed by atoms with Crippen LogP contribution in [0.5, 0.6) is 0 Å². The van der Waals surface area contributed by atoms with E-state index in [-0.39, 0.29) is 5.91 Å². The van der Waals surface area contributed by atoms with E-state index in [1.807, 2.05) is 12.1 Å². The molecule has 0 spiro atoms. The zero-order valence-corrected chi connectivity index (χ0v) is 10.6. The Morgan fingerprint density at radius 1 is 1.37 bits per heavy atom. The maximum atomic E-state index is 12.3. The first-order valence-electron chi connectivity index (χ1n) is 6.19. The second kappa shape index (κ2) is 6.65. The Morgan fingerprint density at radius 2 is 2.26 bits per heavy atom. The normalized spacial score (nSPS) is 10.4. The van der Waals surface area contributed by atoms with Gasteiger partial charge in [-0.05, 0) is 30.7 Å². The van der Waals surface area contributed by atoms with Crippen molar-refractivity contribution in [3.8, 4) is 0 Å². The van der Waals surface area contributed by atoms with Crippen molar-refractivity contribution < 1.29 is 4.79 Å². The highest BCUT2D eigenvalue weighted by Gasteiger charge is 2.16. The lowest BCUT2D eigenvalue weighted by Crippen LogP contribution is -2.32. The highest BCUT2D eigenvalue weighted by molar-refractivity contribution is 5.92. The smallest absolute Gasteiger partial charge is 0.272 e. The van der Waals surface area contributed by atoms with Crippen LogP contribution >= 0.6 is 0 Å². The standard InChI is InChI=1S/C13H17N5O/c14-5-2-8-18(10-11-3-1-6-15-9-11)13(19)12-4-7-16-17-12/h1,3-4,6-7,9H,2,5,8,10,14H2,(H,16,17). The van der Waals surface area contributed by atoms with E-state index < -0.39 is 0 Å². The molecule has 2 heterocycles. The average Bonchev–Trinajstić information content (AvgIpc) is 2.98. The molecule has 0 saturated carbocycles. The monoisotopic (exact) mass is 259 g/mol. The number of H-pyrrole nitrogens is 1. The van der Waals surface area contributed by atoms with E-state index in [4.69, 9.17) is 5.73 Å². The zero-order chi connectivity index (χ0) is 13.5. The molecular formula is C13H17N5O. The minimum Gasteiger partial charge on any atom is -0.333 e. The van der Waals surface area contributed by atoms with Gasteiger partial charge in [-0.25, -0.2) is 0 Å². The molecule has 0 fully saturated rings. The molecule has 3 N–H and O–H groups in total. The van der Waals surface area contributed by atoms with Gasteiger partial charge in [0.05, 0.1) is 0 Å². The first-order chi connectivity index (χ1) is 9.31. The van der Waals surface area contributed by atoms with E-state index in [0.29, 0.717) is 25.3 Å². The predicted octanol–water partition coefficient (Wildman–Crippen LogP) is 0.796. The van der Waals surface area contributed by atoms with Crippen molar-refractivity contribution in [1.29, 1.82) is 0 Å². The Balaban J connectivity index is 2.09. The number of hydrogen-bond donors (Lipinski definition) is 2. The molecule has 19 heavy (non-hydrogen) atoms. The van der Waals surface area contributed by atoms with Gasteiger partial charge in [-0.2, -0.15) is 5.10 Å². The van der Waals surface area contributed by atoms with Crippen LogP contribution in [0.3, 0.4) is 0 Å². The molecule has 0 atom stereocenters. The Labute approximate surface area is 111 Å². The topological polar surface area (TPSA) is 87.9 Å². The average molecular weight is 259 g/mol. The molecule has 2 aromatic heterocycles. The second-order valence-electron chi connectivity index (χ2n) is 4.20. The van der Waals surface area contributed by atoms with Gasteiger partial charge in [-0.3, -0.25) is 14.9 Å². The maximum Gasteiger partial charge on any atom is 0.272 e. The number of nitrogens with one attached hydrogen (secondary N) is 1. The summed E-state index contributed by atoms with van der Waals surface area (Å²) in [4.78, 5) is 18.1. The Kier molecular flexibility index (Phi) is 4.63. The van der Waals surface area contributed by atoms with Crippen LogP contribution < -0.4 is 5.73 Å². The fourth-order valence-electron chi connectivity index (χ4n) is 1.79. The van der Waals surface area contributed by atoms with Crippen LogP contribution in [-0.2, 0) is 6.54 Å². The highest BCUT2D eigenvalue weighted by Crippen LogP contribution is 2.08. The van der Waals surface area contributed by atoms with E-state index in [0.717, 1.165) is 12.0 Å². The largest absolute Gasteiger partial charge is 0.333 e. The number of carbonyl (C=O) groups is 1. The van der Waals surface area contributed by atoms with Crippen molar-refractivity contribution >= 4 is 5.91 Å². The third-order valence-corrected chi connectivity index (χ3v) is 2.75. The molecule has 0 saturated heterocycles. The summed E-state index contributed by atoms with van der Waals surface area (Å²) in [6, 6.07) is 5.47. The third-order valence-electron chi connectivity index (χ3n) is 2.75. The fourth-order valence-corrected chi connectivity index (χ4v) is 1.79. The van der Waals surface area contributed by atoms with Gasteiger partial charge in [0.1, 0.15) is 5.69 Å². The van der Waals surface area contributed by atoms with Gasteiger partial charge in [0.25, 0.3) is 5.91 Å². The lowest BCUT2D eigenvalue weighted by atomic mass is 10.2. The maximum absolute atomic E-state index is 12.3. The Bertz CT molecular complexity index is 497. The second-order valence-corrected chi connectivity index (χ2v) is 4.20. The molecule has 6 heteroatoms. The van der Waals surface area contributed by atoms with Crippen molar-refractivity contribution in [2.24, 2.45) is 5.73 Å². The molecule has 1 amide bonds. The molecule has 0 unspecified atom stereocenters. The van der Waals surface area contributed by atoms with Crippen molar-refractivity contribution in [3.63, 3.8) is 0 Å². The number of aromatic amines is 1. The van der Waals surface area contributed by atoms with Crippen LogP contribution in [0.1, 0.15) is 22.5 Å². The molecule has 6 nitrogen and oxygen atoms in total. The number of amides is 1. The number of pyridine rings is 1. The molecule has 100 valence electrons.